The van der Waals surface area contributed by atoms with Crippen molar-refractivity contribution in [2.45, 2.75) is 67.9 Å². The molecule has 0 spiro atoms. The average Bonchev–Trinajstić information content (AvgIpc) is 3.54. The fourth-order valence-corrected chi connectivity index (χ4v) is 9.03. The van der Waals surface area contributed by atoms with Gasteiger partial charge in [0.25, 0.3) is 10.4 Å². The van der Waals surface area contributed by atoms with Gasteiger partial charge in [-0.1, -0.05) is 35.6 Å². The van der Waals surface area contributed by atoms with E-state index in [9.17, 15) is 0 Å². The summed E-state index contributed by atoms with van der Waals surface area (Å²) in [7, 11) is 0. The second-order valence-corrected chi connectivity index (χ2v) is 14.0. The maximum absolute atomic E-state index is 2.57. The van der Waals surface area contributed by atoms with E-state index in [2.05, 4.69) is 118 Å². The monoisotopic (exact) mass is 607 g/mol. The minimum atomic E-state index is 1.07. The zero-order valence-electron chi connectivity index (χ0n) is 27.4. The Bertz CT molecular complexity index is 1510. The van der Waals surface area contributed by atoms with Gasteiger partial charge in [-0.3, -0.25) is 0 Å². The van der Waals surface area contributed by atoms with Crippen molar-refractivity contribution >= 4 is 39.0 Å². The Balaban J connectivity index is 1.62. The Kier molecular flexibility index (Phi) is 11.6. The molecule has 0 N–H and O–H groups in total. The van der Waals surface area contributed by atoms with Crippen molar-refractivity contribution in [1.82, 2.24) is 4.58 Å². The molecule has 4 nitrogen and oxygen atoms in total. The maximum Gasteiger partial charge on any atom is 0.461 e. The van der Waals surface area contributed by atoms with Crippen molar-refractivity contribution in [3.8, 4) is 0 Å². The molecule has 42 heavy (non-hydrogen) atoms. The second kappa shape index (κ2) is 15.0. The minimum absolute atomic E-state index is 1.07. The number of aryl methyl sites for hydroxylation is 1. The van der Waals surface area contributed by atoms with Crippen LogP contribution in [0.25, 0.3) is 16.3 Å². The van der Waals surface area contributed by atoms with E-state index in [1.807, 2.05) is 22.7 Å². The van der Waals surface area contributed by atoms with E-state index in [1.54, 1.807) is 0 Å². The van der Waals surface area contributed by atoms with E-state index in [0.717, 1.165) is 13.1 Å². The smallest absolute Gasteiger partial charge is 0.324 e. The summed E-state index contributed by atoms with van der Waals surface area (Å²) in [6, 6.07) is 17.9. The van der Waals surface area contributed by atoms with Crippen LogP contribution < -0.4 is 14.5 Å². The number of thiazole rings is 1. The highest BCUT2D eigenvalue weighted by Gasteiger charge is 2.33. The quantitative estimate of drug-likeness (QED) is 0.0759. The molecule has 4 rings (SSSR count). The Morgan fingerprint density at radius 3 is 1.98 bits per heavy atom. The minimum Gasteiger partial charge on any atom is -0.324 e. The van der Waals surface area contributed by atoms with Crippen LogP contribution in [-0.2, 0) is 17.9 Å². The van der Waals surface area contributed by atoms with E-state index < -0.39 is 0 Å². The first-order valence-electron chi connectivity index (χ1n) is 16.4. The highest BCUT2D eigenvalue weighted by Crippen LogP contribution is 2.23. The van der Waals surface area contributed by atoms with Crippen LogP contribution in [0.1, 0.15) is 66.3 Å². The first-order chi connectivity index (χ1) is 20.4. The SMILES string of the molecule is CC[N+](CC)(CC)CCC[N+]1=c2ccccc2=[S+]C1=CC(C)=Cc1sc2ccccc2[n+]1CCC[N+](CC)(CC)CC. The number of fused-ring (bicyclic) bond motifs is 2. The molecule has 3 aromatic rings. The second-order valence-electron chi connectivity index (χ2n) is 11.9. The summed E-state index contributed by atoms with van der Waals surface area (Å²) in [5.74, 6) is 0. The number of aromatic nitrogens is 1. The Morgan fingerprint density at radius 2 is 1.33 bits per heavy atom. The lowest BCUT2D eigenvalue weighted by Gasteiger charge is -2.35. The molecule has 2 heterocycles. The van der Waals surface area contributed by atoms with E-state index in [-0.39, 0.29) is 0 Å². The Labute approximate surface area is 263 Å². The third-order valence-corrected chi connectivity index (χ3v) is 12.3. The number of rotatable bonds is 16. The van der Waals surface area contributed by atoms with Crippen LogP contribution >= 0.6 is 11.3 Å². The number of quaternary nitrogens is 2. The normalized spacial score (nSPS) is 15.1. The fraction of sp³-hybridized carbons (Fsp3) is 0.528. The molecular weight excluding hydrogens is 553 g/mol. The molecule has 0 unspecified atom stereocenters. The molecule has 2 aromatic carbocycles. The zero-order valence-corrected chi connectivity index (χ0v) is 29.0. The van der Waals surface area contributed by atoms with Crippen LogP contribution in [0.15, 0.2) is 65.2 Å². The Morgan fingerprint density at radius 1 is 0.762 bits per heavy atom. The van der Waals surface area contributed by atoms with Gasteiger partial charge in [-0.15, -0.1) is 4.58 Å². The summed E-state index contributed by atoms with van der Waals surface area (Å²) in [5.41, 5.74) is 2.68. The van der Waals surface area contributed by atoms with Crippen molar-refractivity contribution in [2.24, 2.45) is 0 Å². The largest absolute Gasteiger partial charge is 0.461 e. The molecule has 6 heteroatoms. The third-order valence-electron chi connectivity index (χ3n) is 10.0. The molecule has 0 amide bonds. The summed E-state index contributed by atoms with van der Waals surface area (Å²) >= 11 is 3.85. The van der Waals surface area contributed by atoms with Crippen LogP contribution in [0.3, 0.4) is 0 Å². The summed E-state index contributed by atoms with van der Waals surface area (Å²) < 4.78 is 10.3. The lowest BCUT2D eigenvalue weighted by Crippen LogP contribution is -2.49. The lowest BCUT2D eigenvalue weighted by atomic mass is 10.2. The molecule has 1 aromatic heterocycles. The average molecular weight is 608 g/mol. The van der Waals surface area contributed by atoms with Gasteiger partial charge in [0.2, 0.25) is 5.52 Å². The molecule has 0 bridgehead atoms. The van der Waals surface area contributed by atoms with Crippen LogP contribution in [-0.4, -0.2) is 67.9 Å². The number of allylic oxidation sites excluding steroid dienone is 2. The summed E-state index contributed by atoms with van der Waals surface area (Å²) in [5, 5.41) is 4.08. The zero-order chi connectivity index (χ0) is 30.2. The van der Waals surface area contributed by atoms with Gasteiger partial charge in [-0.05, 0) is 60.1 Å². The van der Waals surface area contributed by atoms with Crippen LogP contribution in [0, 0.1) is 4.51 Å². The summed E-state index contributed by atoms with van der Waals surface area (Å²) in [6.07, 6.45) is 7.25. The van der Waals surface area contributed by atoms with Crippen molar-refractivity contribution in [1.29, 1.82) is 0 Å². The highest BCUT2D eigenvalue weighted by molar-refractivity contribution is 7.74. The van der Waals surface area contributed by atoms with Gasteiger partial charge in [0.05, 0.1) is 71.3 Å². The van der Waals surface area contributed by atoms with Gasteiger partial charge in [0.15, 0.2) is 13.1 Å². The predicted molar refractivity (Wildman–Crippen MR) is 185 cm³/mol. The van der Waals surface area contributed by atoms with E-state index in [4.69, 9.17) is 0 Å². The van der Waals surface area contributed by atoms with Crippen molar-refractivity contribution in [3.05, 3.63) is 80.1 Å². The summed E-state index contributed by atoms with van der Waals surface area (Å²) in [4.78, 5) is 0. The number of para-hydroxylation sites is 2. The first-order valence-corrected chi connectivity index (χ1v) is 18.1. The lowest BCUT2D eigenvalue weighted by molar-refractivity contribution is -0.925. The van der Waals surface area contributed by atoms with Crippen LogP contribution in [0.5, 0.6) is 0 Å². The van der Waals surface area contributed by atoms with Crippen molar-refractivity contribution in [3.63, 3.8) is 0 Å². The van der Waals surface area contributed by atoms with Crippen LogP contribution in [0.2, 0.25) is 0 Å². The molecule has 0 aliphatic carbocycles. The molecule has 0 atom stereocenters. The van der Waals surface area contributed by atoms with Crippen molar-refractivity contribution in [2.75, 3.05) is 58.9 Å². The molecule has 226 valence electrons. The number of hydrogen-bond donors (Lipinski definition) is 0. The van der Waals surface area contributed by atoms with E-state index in [0.29, 0.717) is 0 Å². The molecular formula is C36H55N4S2+5. The van der Waals surface area contributed by atoms with Gasteiger partial charge in [-0.25, -0.2) is 0 Å². The van der Waals surface area contributed by atoms with E-state index >= 15 is 0 Å². The van der Waals surface area contributed by atoms with Gasteiger partial charge in [0.1, 0.15) is 4.70 Å². The fourth-order valence-electron chi connectivity index (χ4n) is 6.63. The number of nitrogens with zero attached hydrogens (tertiary/aromatic N) is 4. The molecule has 0 saturated carbocycles. The molecule has 1 aliphatic rings. The summed E-state index contributed by atoms with van der Waals surface area (Å²) in [6.45, 7) is 28.3. The van der Waals surface area contributed by atoms with Gasteiger partial charge < -0.3 is 8.97 Å². The van der Waals surface area contributed by atoms with Crippen molar-refractivity contribution < 1.29 is 13.5 Å². The first kappa shape index (κ1) is 32.7. The Hall–Kier alpha value is -2.25. The highest BCUT2D eigenvalue weighted by atomic mass is 32.1. The molecule has 1 aliphatic heterocycles. The topological polar surface area (TPSA) is 6.89 Å². The molecule has 0 radical (unpaired) electrons. The number of hydrogen-bond acceptors (Lipinski definition) is 1. The molecule has 0 fully saturated rings. The van der Waals surface area contributed by atoms with Crippen LogP contribution in [0.4, 0.5) is 0 Å². The standard InChI is InChI=1S/C36H55N4S2/c1-8-39(9-2,10-3)26-18-24-37-31-20-14-16-22-33(31)41-35(37)28-30(7)29-36-38(32-21-15-17-23-34(32)42-36)25-19-27-40(11-4,12-5)13-6/h14-17,20-23,28-29H,8-13,18-19,24-27H2,1-7H3/q+5. The molecule has 0 saturated heterocycles. The van der Waals surface area contributed by atoms with Gasteiger partial charge in [-0.2, -0.15) is 4.57 Å². The van der Waals surface area contributed by atoms with Gasteiger partial charge >= 0.3 is 20.9 Å². The van der Waals surface area contributed by atoms with E-state index in [1.165, 1.54) is 110 Å². The van der Waals surface area contributed by atoms with Gasteiger partial charge in [0, 0.05) is 24.3 Å². The maximum atomic E-state index is 2.57. The predicted octanol–water partition coefficient (Wildman–Crippen LogP) is 6.51. The number of benzene rings is 2. The third kappa shape index (κ3) is 7.27.